The van der Waals surface area contributed by atoms with Crippen LogP contribution in [0.15, 0.2) is 91.1 Å². The number of nitrogens with zero attached hydrogens (tertiary/aromatic N) is 5. The number of carbonyl (C=O) groups excluding carboxylic acids is 2. The van der Waals surface area contributed by atoms with Gasteiger partial charge in [0.05, 0.1) is 76.5 Å². The number of carboxylic acids is 1. The Hall–Kier alpha value is -5.53. The summed E-state index contributed by atoms with van der Waals surface area (Å²) >= 11 is 0. The second-order valence-electron chi connectivity index (χ2n) is 13.7. The topological polar surface area (TPSA) is 156 Å². The van der Waals surface area contributed by atoms with Gasteiger partial charge in [-0.3, -0.25) is 24.4 Å². The molecule has 58 heavy (non-hydrogen) atoms. The van der Waals surface area contributed by atoms with E-state index < -0.39 is 12.0 Å². The maximum absolute atomic E-state index is 14.1. The Morgan fingerprint density at radius 1 is 0.724 bits per heavy atom. The van der Waals surface area contributed by atoms with E-state index in [1.807, 2.05) is 65.6 Å². The summed E-state index contributed by atoms with van der Waals surface area (Å²) in [4.78, 5) is 54.0. The van der Waals surface area contributed by atoms with E-state index in [-0.39, 0.29) is 30.5 Å². The fourth-order valence-corrected chi connectivity index (χ4v) is 6.71. The number of amides is 2. The van der Waals surface area contributed by atoms with E-state index in [1.54, 1.807) is 29.3 Å². The van der Waals surface area contributed by atoms with E-state index in [9.17, 15) is 19.5 Å². The van der Waals surface area contributed by atoms with E-state index in [0.717, 1.165) is 22.4 Å². The minimum atomic E-state index is -1.07. The molecule has 4 aromatic rings. The van der Waals surface area contributed by atoms with Crippen LogP contribution in [0.5, 0.6) is 0 Å². The van der Waals surface area contributed by atoms with Crippen LogP contribution in [0.25, 0.3) is 0 Å². The van der Waals surface area contributed by atoms with Gasteiger partial charge in [0.25, 0.3) is 0 Å². The largest absolute Gasteiger partial charge is 0.477 e. The summed E-state index contributed by atoms with van der Waals surface area (Å²) in [6.07, 6.45) is 1.75. The number of aromatic nitrogens is 2. The highest BCUT2D eigenvalue weighted by Gasteiger charge is 2.29. The first kappa shape index (κ1) is 42.1. The molecule has 6 rings (SSSR count). The number of pyridine rings is 2. The van der Waals surface area contributed by atoms with Gasteiger partial charge < -0.3 is 34.3 Å². The molecule has 2 aliphatic heterocycles. The smallest absolute Gasteiger partial charge is 0.354 e. The molecule has 0 radical (unpaired) electrons. The number of nitrogens with one attached hydrogen (secondary N) is 1. The lowest BCUT2D eigenvalue weighted by atomic mass is 10.0. The van der Waals surface area contributed by atoms with Crippen molar-refractivity contribution in [3.63, 3.8) is 0 Å². The van der Waals surface area contributed by atoms with Crippen LogP contribution in [-0.4, -0.2) is 128 Å². The number of hydrogen-bond acceptors (Lipinski definition) is 11. The van der Waals surface area contributed by atoms with Gasteiger partial charge in [-0.25, -0.2) is 9.78 Å². The van der Waals surface area contributed by atoms with E-state index in [2.05, 4.69) is 32.0 Å². The van der Waals surface area contributed by atoms with Gasteiger partial charge in [0.2, 0.25) is 11.8 Å². The summed E-state index contributed by atoms with van der Waals surface area (Å²) in [5.74, 6) is 5.00. The number of anilines is 1. The summed E-state index contributed by atoms with van der Waals surface area (Å²) in [5, 5.41) is 12.4. The van der Waals surface area contributed by atoms with Crippen molar-refractivity contribution in [3.05, 3.63) is 125 Å². The fraction of sp³-hybridized carbons (Fsp3) is 0.386. The van der Waals surface area contributed by atoms with Crippen LogP contribution in [-0.2, 0) is 41.6 Å². The van der Waals surface area contributed by atoms with Crippen molar-refractivity contribution in [2.45, 2.75) is 25.6 Å². The Morgan fingerprint density at radius 3 is 2.05 bits per heavy atom. The summed E-state index contributed by atoms with van der Waals surface area (Å²) < 4.78 is 23.7. The maximum atomic E-state index is 14.1. The first-order valence-corrected chi connectivity index (χ1v) is 19.6. The zero-order valence-corrected chi connectivity index (χ0v) is 32.6. The molecule has 1 atom stereocenters. The van der Waals surface area contributed by atoms with Crippen LogP contribution in [0.1, 0.15) is 51.0 Å². The van der Waals surface area contributed by atoms with E-state index in [1.165, 1.54) is 6.07 Å². The van der Waals surface area contributed by atoms with Gasteiger partial charge >= 0.3 is 5.97 Å². The molecule has 0 aliphatic carbocycles. The molecule has 2 N–H and O–H groups in total. The lowest BCUT2D eigenvalue weighted by molar-refractivity contribution is -0.127. The summed E-state index contributed by atoms with van der Waals surface area (Å²) in [5.41, 5.74) is 4.59. The zero-order chi connectivity index (χ0) is 40.4. The van der Waals surface area contributed by atoms with Crippen LogP contribution >= 0.6 is 0 Å². The van der Waals surface area contributed by atoms with Crippen molar-refractivity contribution in [1.82, 2.24) is 25.1 Å². The Bertz CT molecular complexity index is 2000. The molecule has 2 amide bonds. The summed E-state index contributed by atoms with van der Waals surface area (Å²) in [6, 6.07) is 25.1. The van der Waals surface area contributed by atoms with Crippen LogP contribution < -0.4 is 10.2 Å². The molecule has 2 aromatic heterocycles. The highest BCUT2D eigenvalue weighted by Crippen LogP contribution is 2.26. The van der Waals surface area contributed by atoms with E-state index in [0.29, 0.717) is 104 Å². The quantitative estimate of drug-likeness (QED) is 0.238. The first-order valence-electron chi connectivity index (χ1n) is 19.6. The van der Waals surface area contributed by atoms with Crippen LogP contribution in [0.2, 0.25) is 0 Å². The van der Waals surface area contributed by atoms with Crippen LogP contribution in [0.4, 0.5) is 5.69 Å². The summed E-state index contributed by atoms with van der Waals surface area (Å²) in [6.45, 7) is 5.95. The number of benzene rings is 2. The van der Waals surface area contributed by atoms with Gasteiger partial charge in [0, 0.05) is 63.0 Å². The first-order chi connectivity index (χ1) is 28.5. The van der Waals surface area contributed by atoms with Gasteiger partial charge in [-0.1, -0.05) is 54.3 Å². The molecule has 4 heterocycles. The normalized spacial score (nSPS) is 17.1. The van der Waals surface area contributed by atoms with Crippen LogP contribution in [0.3, 0.4) is 0 Å². The lowest BCUT2D eigenvalue weighted by Gasteiger charge is -2.30. The van der Waals surface area contributed by atoms with Crippen molar-refractivity contribution in [1.29, 1.82) is 0 Å². The lowest BCUT2D eigenvalue weighted by Crippen LogP contribution is -2.45. The predicted molar refractivity (Wildman–Crippen MR) is 216 cm³/mol. The van der Waals surface area contributed by atoms with Gasteiger partial charge in [0.15, 0.2) is 0 Å². The third kappa shape index (κ3) is 12.5. The molecule has 0 saturated carbocycles. The molecular weight excluding hydrogens is 741 g/mol. The number of aromatic carboxylic acids is 1. The van der Waals surface area contributed by atoms with Gasteiger partial charge in [-0.15, -0.1) is 0 Å². The Kier molecular flexibility index (Phi) is 16.3. The number of rotatable bonds is 9. The van der Waals surface area contributed by atoms with Crippen molar-refractivity contribution < 1.29 is 38.4 Å². The Morgan fingerprint density at radius 2 is 1.36 bits per heavy atom. The number of fused-ring (bicyclic) bond motifs is 2. The molecule has 2 aromatic carbocycles. The second-order valence-corrected chi connectivity index (χ2v) is 13.7. The van der Waals surface area contributed by atoms with Crippen molar-refractivity contribution in [2.24, 2.45) is 0 Å². The minimum absolute atomic E-state index is 0.00627. The SMILES string of the molecule is O=C(O)c1cccc(CN2CCOCCOCCN(C(C(=O)NCCC(=O)N3Cc4ccccc4C#Cc4ccccc43)c3ccccn3)CCOCCOCC2)n1. The molecule has 14 nitrogen and oxygen atoms in total. The number of para-hydroxylation sites is 1. The van der Waals surface area contributed by atoms with Crippen molar-refractivity contribution in [2.75, 3.05) is 90.5 Å². The molecule has 304 valence electrons. The average molecular weight is 791 g/mol. The van der Waals surface area contributed by atoms with Crippen molar-refractivity contribution >= 4 is 23.5 Å². The third-order valence-electron chi connectivity index (χ3n) is 9.70. The standard InChI is InChI=1S/C44H50N6O8/c51-41(50-32-36-10-2-1-8-34(36)15-16-35-9-3-4-14-40(35)50)17-19-46-43(52)42(38-12-5-6-18-45-38)49-22-26-57-30-28-55-24-20-48(21-25-56-29-31-58-27-23-49)33-37-11-7-13-39(47-37)44(53)54/h1-14,18,42H,17,19-33H2,(H,46,52)(H,53,54). The van der Waals surface area contributed by atoms with Crippen LogP contribution in [0, 0.1) is 11.8 Å². The van der Waals surface area contributed by atoms with Gasteiger partial charge in [0.1, 0.15) is 11.7 Å². The number of carbonyl (C=O) groups is 3. The fourth-order valence-electron chi connectivity index (χ4n) is 6.71. The number of hydrogen-bond donors (Lipinski definition) is 2. The highest BCUT2D eigenvalue weighted by atomic mass is 16.5. The average Bonchev–Trinajstić information content (AvgIpc) is 3.23. The molecule has 1 saturated heterocycles. The molecule has 0 bridgehead atoms. The van der Waals surface area contributed by atoms with E-state index >= 15 is 0 Å². The zero-order valence-electron chi connectivity index (χ0n) is 32.6. The van der Waals surface area contributed by atoms with Gasteiger partial charge in [-0.2, -0.15) is 0 Å². The number of ether oxygens (including phenoxy) is 4. The molecule has 2 aliphatic rings. The second kappa shape index (κ2) is 22.4. The molecule has 1 unspecified atom stereocenters. The predicted octanol–water partition coefficient (Wildman–Crippen LogP) is 3.55. The monoisotopic (exact) mass is 790 g/mol. The summed E-state index contributed by atoms with van der Waals surface area (Å²) in [7, 11) is 0. The molecular formula is C44H50N6O8. The van der Waals surface area contributed by atoms with E-state index in [4.69, 9.17) is 18.9 Å². The van der Waals surface area contributed by atoms with Crippen molar-refractivity contribution in [3.8, 4) is 11.8 Å². The highest BCUT2D eigenvalue weighted by molar-refractivity contribution is 5.95. The number of carboxylic acid groups (broad SMARTS) is 1. The molecule has 14 heteroatoms. The van der Waals surface area contributed by atoms with Gasteiger partial charge in [-0.05, 0) is 48.0 Å². The third-order valence-corrected chi connectivity index (χ3v) is 9.70. The Balaban J connectivity index is 1.05. The maximum Gasteiger partial charge on any atom is 0.354 e. The molecule has 0 spiro atoms. The Labute approximate surface area is 339 Å². The molecule has 1 fully saturated rings. The minimum Gasteiger partial charge on any atom is -0.477 e.